The number of thiazole rings is 1. The van der Waals surface area contributed by atoms with Gasteiger partial charge in [0.05, 0.1) is 27.5 Å². The van der Waals surface area contributed by atoms with Gasteiger partial charge < -0.3 is 24.3 Å². The zero-order valence-electron chi connectivity index (χ0n) is 28.5. The lowest BCUT2D eigenvalue weighted by molar-refractivity contribution is 0.0756. The normalized spacial score (nSPS) is 14.6. The number of amides is 2. The molecule has 2 amide bonds. The number of hydrogen-bond donors (Lipinski definition) is 2. The Hall–Kier alpha value is -4.65. The minimum atomic E-state index is -2.88. The molecule has 1 unspecified atom stereocenters. The quantitative estimate of drug-likeness (QED) is 0.159. The van der Waals surface area contributed by atoms with Gasteiger partial charge in [-0.25, -0.2) is 14.4 Å². The van der Waals surface area contributed by atoms with E-state index in [0.29, 0.717) is 66.5 Å². The summed E-state index contributed by atoms with van der Waals surface area (Å²) in [6.45, 7) is 7.70. The van der Waals surface area contributed by atoms with Crippen molar-refractivity contribution in [3.8, 4) is 11.3 Å². The first-order valence-electron chi connectivity index (χ1n) is 16.1. The third-order valence-electron chi connectivity index (χ3n) is 8.26. The zero-order chi connectivity index (χ0) is 36.1. The maximum atomic E-state index is 14.3. The number of hydrogen-bond acceptors (Lipinski definition) is 10. The van der Waals surface area contributed by atoms with Gasteiger partial charge in [-0.1, -0.05) is 23.5 Å². The fraction of sp³-hybridized carbons (Fsp3) is 0.400. The average Bonchev–Trinajstić information content (AvgIpc) is 3.70. The number of nitrogens with zero attached hydrogens (tertiary/aromatic N) is 5. The fourth-order valence-corrected chi connectivity index (χ4v) is 6.76. The summed E-state index contributed by atoms with van der Waals surface area (Å²) in [5.41, 5.74) is 2.49. The molecule has 0 fully saturated rings. The Bertz CT molecular complexity index is 2080. The molecule has 0 bridgehead atoms. The molecule has 5 rings (SSSR count). The molecule has 4 aromatic rings. The number of carbonyl (C=O) groups excluding carboxylic acids is 2. The van der Waals surface area contributed by atoms with Crippen LogP contribution in [0.1, 0.15) is 70.6 Å². The molecule has 2 aromatic heterocycles. The third kappa shape index (κ3) is 9.12. The fourth-order valence-electron chi connectivity index (χ4n) is 5.40. The predicted octanol–water partition coefficient (Wildman–Crippen LogP) is 5.62. The zero-order valence-corrected chi connectivity index (χ0v) is 30.1. The van der Waals surface area contributed by atoms with E-state index in [0.717, 1.165) is 10.5 Å². The van der Waals surface area contributed by atoms with Crippen molar-refractivity contribution in [2.24, 2.45) is 0 Å². The van der Waals surface area contributed by atoms with Crippen LogP contribution in [0.3, 0.4) is 0 Å². The molecule has 15 heteroatoms. The second-order valence-corrected chi connectivity index (χ2v) is 16.1. The van der Waals surface area contributed by atoms with Crippen molar-refractivity contribution in [1.29, 1.82) is 10.0 Å². The van der Waals surface area contributed by atoms with E-state index in [1.165, 1.54) is 35.8 Å². The lowest BCUT2D eigenvalue weighted by atomic mass is 10.0. The van der Waals surface area contributed by atoms with Crippen LogP contribution in [0, 0.1) is 21.9 Å². The third-order valence-corrected chi connectivity index (χ3v) is 10.2. The van der Waals surface area contributed by atoms with Gasteiger partial charge in [0.15, 0.2) is 5.82 Å². The Kier molecular flexibility index (Phi) is 11.3. The summed E-state index contributed by atoms with van der Waals surface area (Å²) >= 11 is 1.32. The van der Waals surface area contributed by atoms with Crippen molar-refractivity contribution in [2.75, 3.05) is 38.3 Å². The van der Waals surface area contributed by atoms with Crippen molar-refractivity contribution >= 4 is 49.5 Å². The molecule has 2 aromatic carbocycles. The van der Waals surface area contributed by atoms with Gasteiger partial charge >= 0.3 is 0 Å². The number of aromatic nitrogens is 3. The molecular formula is C35H40FN7O5S2. The molecule has 0 spiro atoms. The summed E-state index contributed by atoms with van der Waals surface area (Å²) < 4.78 is 47.4. The van der Waals surface area contributed by atoms with Crippen LogP contribution in [0.4, 0.5) is 4.39 Å². The van der Waals surface area contributed by atoms with Crippen LogP contribution in [-0.2, 0) is 27.6 Å². The number of nitriles is 1. The van der Waals surface area contributed by atoms with Gasteiger partial charge in [-0.15, -0.1) is 0 Å². The average molecular weight is 722 g/mol. The Morgan fingerprint density at radius 3 is 2.72 bits per heavy atom. The van der Waals surface area contributed by atoms with Crippen molar-refractivity contribution in [1.82, 2.24) is 24.8 Å². The van der Waals surface area contributed by atoms with E-state index in [1.54, 1.807) is 33.9 Å². The van der Waals surface area contributed by atoms with Crippen LogP contribution >= 0.6 is 11.3 Å². The van der Waals surface area contributed by atoms with E-state index in [1.807, 2.05) is 32.9 Å². The molecular weight excluding hydrogens is 682 g/mol. The van der Waals surface area contributed by atoms with Crippen molar-refractivity contribution in [3.05, 3.63) is 81.9 Å². The molecule has 1 aliphatic heterocycles. The minimum absolute atomic E-state index is 0.0112. The number of nitrogens with one attached hydrogen (secondary N) is 2. The lowest BCUT2D eigenvalue weighted by Crippen LogP contribution is -2.44. The largest absolute Gasteiger partial charge is 0.465 e. The van der Waals surface area contributed by atoms with E-state index in [4.69, 9.17) is 19.5 Å². The van der Waals surface area contributed by atoms with Crippen LogP contribution in [0.15, 0.2) is 48.7 Å². The van der Waals surface area contributed by atoms with Gasteiger partial charge in [0.25, 0.3) is 17.0 Å². The van der Waals surface area contributed by atoms with Crippen molar-refractivity contribution in [3.63, 3.8) is 0 Å². The van der Waals surface area contributed by atoms with E-state index in [-0.39, 0.29) is 42.1 Å². The second kappa shape index (κ2) is 15.5. The van der Waals surface area contributed by atoms with E-state index < -0.39 is 21.1 Å². The Labute approximate surface area is 294 Å². The van der Waals surface area contributed by atoms with Gasteiger partial charge in [0, 0.05) is 77.4 Å². The Morgan fingerprint density at radius 1 is 1.24 bits per heavy atom. The molecule has 264 valence electrons. The van der Waals surface area contributed by atoms with Crippen molar-refractivity contribution in [2.45, 2.75) is 52.3 Å². The van der Waals surface area contributed by atoms with Gasteiger partial charge in [0.2, 0.25) is 0 Å². The van der Waals surface area contributed by atoms with Crippen LogP contribution in [-0.4, -0.2) is 79.3 Å². The summed E-state index contributed by atoms with van der Waals surface area (Å²) in [6.07, 6.45) is 6.18. The van der Waals surface area contributed by atoms with Gasteiger partial charge in [-0.2, -0.15) is 5.26 Å². The molecule has 1 atom stereocenters. The van der Waals surface area contributed by atoms with E-state index in [9.17, 15) is 18.2 Å². The number of imidazole rings is 1. The molecule has 3 heterocycles. The number of halogens is 1. The topological polar surface area (TPSA) is 163 Å². The number of carbonyl (C=O) groups is 2. The monoisotopic (exact) mass is 721 g/mol. The highest BCUT2D eigenvalue weighted by atomic mass is 32.2. The molecule has 0 radical (unpaired) electrons. The summed E-state index contributed by atoms with van der Waals surface area (Å²) in [5.74, 6) is -0.947. The van der Waals surface area contributed by atoms with Gasteiger partial charge in [-0.05, 0) is 69.5 Å². The minimum Gasteiger partial charge on any atom is -0.465 e. The molecule has 1 aliphatic rings. The van der Waals surface area contributed by atoms with Crippen LogP contribution in [0.5, 0.6) is 5.19 Å². The van der Waals surface area contributed by atoms with E-state index in [2.05, 4.69) is 15.3 Å². The van der Waals surface area contributed by atoms with Gasteiger partial charge in [-0.3, -0.25) is 18.6 Å². The van der Waals surface area contributed by atoms with Crippen LogP contribution < -0.4 is 10.1 Å². The smallest absolute Gasteiger partial charge is 0.290 e. The predicted molar refractivity (Wildman–Crippen MR) is 190 cm³/mol. The molecule has 0 saturated carbocycles. The highest BCUT2D eigenvalue weighted by Crippen LogP contribution is 2.32. The molecule has 12 nitrogen and oxygen atoms in total. The highest BCUT2D eigenvalue weighted by Gasteiger charge is 2.27. The van der Waals surface area contributed by atoms with E-state index >= 15 is 0 Å². The van der Waals surface area contributed by atoms with Crippen LogP contribution in [0.2, 0.25) is 0 Å². The highest BCUT2D eigenvalue weighted by molar-refractivity contribution is 7.91. The number of fused-ring (bicyclic) bond motifs is 1. The number of ether oxygens (including phenoxy) is 2. The van der Waals surface area contributed by atoms with Crippen molar-refractivity contribution < 1.29 is 27.7 Å². The molecule has 0 saturated heterocycles. The second-order valence-electron chi connectivity index (χ2n) is 12.7. The summed E-state index contributed by atoms with van der Waals surface area (Å²) in [5, 5.41) is 12.4. The Morgan fingerprint density at radius 2 is 2.04 bits per heavy atom. The van der Waals surface area contributed by atoms with Gasteiger partial charge in [0.1, 0.15) is 12.4 Å². The number of rotatable bonds is 14. The first-order chi connectivity index (χ1) is 23.8. The maximum Gasteiger partial charge on any atom is 0.290 e. The SMILES string of the molecule is CCOCCC(C)(C)NC(=O)c1ccc2nc(C(=O)N3CC=C(c4cnc(OCc5ccc(C#N)cc5F)s4)CC3)n(CCS(C)(=N)=O)c2c1. The number of benzene rings is 2. The number of aryl methyl sites for hydroxylation is 1. The summed E-state index contributed by atoms with van der Waals surface area (Å²) in [7, 11) is -2.88. The maximum absolute atomic E-state index is 14.3. The standard InChI is InChI=1S/C35H40FN7O5S2/c1-5-47-16-12-35(2,3)41-32(44)25-8-9-28-29(19-25)43(15-17-50(4,38)46)31(40-28)33(45)42-13-10-24(11-14-42)30-21-39-34(49-30)48-22-26-7-6-23(20-37)18-27(26)36/h6-10,18-19,21,38H,5,11-17,22H2,1-4H3,(H,41,44). The molecule has 0 aliphatic carbocycles. The lowest BCUT2D eigenvalue weighted by Gasteiger charge is -2.26. The summed E-state index contributed by atoms with van der Waals surface area (Å²) in [4.78, 5) is 38.7. The molecule has 2 N–H and O–H groups in total. The Balaban J connectivity index is 1.31. The first kappa shape index (κ1) is 36.6. The van der Waals surface area contributed by atoms with Crippen LogP contribution in [0.25, 0.3) is 16.6 Å². The first-order valence-corrected chi connectivity index (χ1v) is 19.1. The summed E-state index contributed by atoms with van der Waals surface area (Å²) in [6, 6.07) is 11.2. The molecule has 50 heavy (non-hydrogen) atoms.